The molecule has 0 spiro atoms. The number of hydrogen-bond donors (Lipinski definition) is 1. The minimum Gasteiger partial charge on any atom is -0.493 e. The van der Waals surface area contributed by atoms with Gasteiger partial charge < -0.3 is 24.4 Å². The summed E-state index contributed by atoms with van der Waals surface area (Å²) in [6.07, 6.45) is 6.75. The minimum absolute atomic E-state index is 0.154. The maximum atomic E-state index is 15.2. The lowest BCUT2D eigenvalue weighted by atomic mass is 10.1. The predicted molar refractivity (Wildman–Crippen MR) is 151 cm³/mol. The lowest BCUT2D eigenvalue weighted by Crippen LogP contribution is -2.55. The number of carbonyl (C=O) groups is 1. The molecule has 1 fully saturated rings. The highest BCUT2D eigenvalue weighted by molar-refractivity contribution is 5.93. The molecule has 13 nitrogen and oxygen atoms in total. The van der Waals surface area contributed by atoms with Crippen molar-refractivity contribution in [2.45, 2.75) is 6.10 Å². The molecule has 0 atom stereocenters. The highest BCUT2D eigenvalue weighted by Crippen LogP contribution is 2.36. The zero-order valence-corrected chi connectivity index (χ0v) is 22.6. The van der Waals surface area contributed by atoms with E-state index in [0.29, 0.717) is 47.1 Å². The quantitative estimate of drug-likeness (QED) is 0.253. The van der Waals surface area contributed by atoms with Gasteiger partial charge in [-0.25, -0.2) is 29.0 Å². The van der Waals surface area contributed by atoms with E-state index < -0.39 is 5.82 Å². The summed E-state index contributed by atoms with van der Waals surface area (Å²) >= 11 is 0. The van der Waals surface area contributed by atoms with Crippen molar-refractivity contribution in [3.8, 4) is 35.0 Å². The Hall–Kier alpha value is -6.10. The molecule has 2 aromatic carbocycles. The molecular weight excluding hydrogens is 557 g/mol. The topological polar surface area (TPSA) is 153 Å². The summed E-state index contributed by atoms with van der Waals surface area (Å²) in [7, 11) is 1.52. The SMILES string of the molecule is C=CC(=O)N1CC(Oc2cc3c(Nc4ccc(Oc5ccn(-c6cnc(C#N)cn6)n5)cc4F)ncnc3cc2OC)C1. The molecular formula is C29H22FN9O4. The number of rotatable bonds is 9. The largest absolute Gasteiger partial charge is 0.493 e. The van der Waals surface area contributed by atoms with Crippen molar-refractivity contribution < 1.29 is 23.4 Å². The number of nitrogens with zero attached hydrogens (tertiary/aromatic N) is 8. The van der Waals surface area contributed by atoms with Gasteiger partial charge in [0, 0.05) is 29.8 Å². The van der Waals surface area contributed by atoms with Gasteiger partial charge in [-0.1, -0.05) is 6.58 Å². The van der Waals surface area contributed by atoms with Crippen LogP contribution in [0.25, 0.3) is 16.7 Å². The van der Waals surface area contributed by atoms with Gasteiger partial charge in [0.25, 0.3) is 0 Å². The van der Waals surface area contributed by atoms with Gasteiger partial charge in [-0.3, -0.25) is 4.79 Å². The third-order valence-electron chi connectivity index (χ3n) is 6.52. The number of benzene rings is 2. The van der Waals surface area contributed by atoms with Crippen LogP contribution in [0.1, 0.15) is 5.69 Å². The van der Waals surface area contributed by atoms with Crippen LogP contribution in [0.5, 0.6) is 23.1 Å². The van der Waals surface area contributed by atoms with Gasteiger partial charge in [-0.15, -0.1) is 5.10 Å². The molecule has 43 heavy (non-hydrogen) atoms. The number of halogens is 1. The summed E-state index contributed by atoms with van der Waals surface area (Å²) in [5, 5.41) is 16.7. The van der Waals surface area contributed by atoms with Crippen LogP contribution in [-0.2, 0) is 4.79 Å². The number of aromatic nitrogens is 6. The van der Waals surface area contributed by atoms with Crippen LogP contribution in [0.2, 0.25) is 0 Å². The number of amides is 1. The van der Waals surface area contributed by atoms with E-state index in [1.54, 1.807) is 35.4 Å². The molecule has 1 N–H and O–H groups in total. The Morgan fingerprint density at radius 2 is 2.00 bits per heavy atom. The summed E-state index contributed by atoms with van der Waals surface area (Å²) < 4.78 is 33.9. The molecule has 14 heteroatoms. The van der Waals surface area contributed by atoms with Crippen LogP contribution in [0.3, 0.4) is 0 Å². The van der Waals surface area contributed by atoms with Crippen molar-refractivity contribution >= 4 is 28.3 Å². The molecule has 5 aromatic rings. The van der Waals surface area contributed by atoms with Gasteiger partial charge in [0.15, 0.2) is 23.0 Å². The molecule has 0 saturated carbocycles. The second-order valence-electron chi connectivity index (χ2n) is 9.27. The first-order valence-corrected chi connectivity index (χ1v) is 12.9. The molecule has 3 aromatic heterocycles. The zero-order valence-electron chi connectivity index (χ0n) is 22.6. The molecule has 1 amide bonds. The van der Waals surface area contributed by atoms with Crippen molar-refractivity contribution in [1.82, 2.24) is 34.6 Å². The van der Waals surface area contributed by atoms with Gasteiger partial charge >= 0.3 is 0 Å². The summed E-state index contributed by atoms with van der Waals surface area (Å²) in [6.45, 7) is 4.35. The number of ether oxygens (including phenoxy) is 3. The fraction of sp³-hybridized carbons (Fsp3) is 0.138. The monoisotopic (exact) mass is 579 g/mol. The highest BCUT2D eigenvalue weighted by Gasteiger charge is 2.31. The van der Waals surface area contributed by atoms with E-state index in [1.165, 1.54) is 48.7 Å². The van der Waals surface area contributed by atoms with Crippen LogP contribution in [-0.4, -0.2) is 66.8 Å². The molecule has 0 unspecified atom stereocenters. The molecule has 1 aliphatic rings. The molecule has 1 saturated heterocycles. The van der Waals surface area contributed by atoms with Gasteiger partial charge in [0.1, 0.15) is 35.9 Å². The van der Waals surface area contributed by atoms with Crippen LogP contribution in [0.4, 0.5) is 15.9 Å². The number of likely N-dealkylation sites (tertiary alicyclic amines) is 1. The number of fused-ring (bicyclic) bond motifs is 1. The number of hydrogen-bond acceptors (Lipinski definition) is 11. The predicted octanol–water partition coefficient (Wildman–Crippen LogP) is 3.94. The van der Waals surface area contributed by atoms with Crippen molar-refractivity contribution in [2.75, 3.05) is 25.5 Å². The normalized spacial score (nSPS) is 12.7. The lowest BCUT2D eigenvalue weighted by Gasteiger charge is -2.38. The van der Waals surface area contributed by atoms with Gasteiger partial charge in [0.2, 0.25) is 11.8 Å². The van der Waals surface area contributed by atoms with Crippen LogP contribution in [0, 0.1) is 17.1 Å². The Morgan fingerprint density at radius 1 is 1.14 bits per heavy atom. The number of carbonyl (C=O) groups excluding carboxylic acids is 1. The van der Waals surface area contributed by atoms with E-state index in [-0.39, 0.29) is 35.0 Å². The fourth-order valence-corrected chi connectivity index (χ4v) is 4.31. The maximum Gasteiger partial charge on any atom is 0.246 e. The molecule has 1 aliphatic heterocycles. The summed E-state index contributed by atoms with van der Waals surface area (Å²) in [5.74, 6) is 1.33. The number of nitrogens with one attached hydrogen (secondary N) is 1. The summed E-state index contributed by atoms with van der Waals surface area (Å²) in [5.41, 5.74) is 0.895. The third kappa shape index (κ3) is 5.59. The summed E-state index contributed by atoms with van der Waals surface area (Å²) in [6, 6.07) is 11.2. The van der Waals surface area contributed by atoms with Crippen LogP contribution >= 0.6 is 0 Å². The van der Waals surface area contributed by atoms with E-state index in [2.05, 4.69) is 36.9 Å². The molecule has 6 rings (SSSR count). The maximum absolute atomic E-state index is 15.2. The molecule has 0 aliphatic carbocycles. The second-order valence-corrected chi connectivity index (χ2v) is 9.27. The summed E-state index contributed by atoms with van der Waals surface area (Å²) in [4.78, 5) is 30.1. The van der Waals surface area contributed by atoms with Crippen LogP contribution in [0.15, 0.2) is 74.0 Å². The lowest BCUT2D eigenvalue weighted by molar-refractivity contribution is -0.134. The van der Waals surface area contributed by atoms with Crippen LogP contribution < -0.4 is 19.5 Å². The second kappa shape index (κ2) is 11.4. The number of nitriles is 1. The standard InChI is InChI=1S/C29H22FN9O4/c1-3-28(40)38-14-19(15-38)42-25-9-20-23(10-24(25)41-2)34-16-35-29(20)36-22-5-4-18(8-21(22)30)43-27-6-7-39(37-27)26-13-32-17(11-31)12-33-26/h3-10,12-13,16,19H,1,14-15H2,2H3,(H,34,35,36). The van der Waals surface area contributed by atoms with Gasteiger partial charge in [-0.2, -0.15) is 5.26 Å². The van der Waals surface area contributed by atoms with E-state index in [1.807, 2.05) is 6.07 Å². The van der Waals surface area contributed by atoms with Gasteiger partial charge in [0.05, 0.1) is 43.8 Å². The Kier molecular flexibility index (Phi) is 7.19. The Labute approximate surface area is 243 Å². The minimum atomic E-state index is -0.590. The van der Waals surface area contributed by atoms with Crippen molar-refractivity contribution in [3.63, 3.8) is 0 Å². The molecule has 0 radical (unpaired) electrons. The fourth-order valence-electron chi connectivity index (χ4n) is 4.31. The van der Waals surface area contributed by atoms with E-state index in [9.17, 15) is 4.79 Å². The Balaban J connectivity index is 1.18. The van der Waals surface area contributed by atoms with E-state index >= 15 is 4.39 Å². The highest BCUT2D eigenvalue weighted by atomic mass is 19.1. The zero-order chi connectivity index (χ0) is 29.9. The van der Waals surface area contributed by atoms with E-state index in [4.69, 9.17) is 19.5 Å². The number of anilines is 2. The third-order valence-corrected chi connectivity index (χ3v) is 6.52. The van der Waals surface area contributed by atoms with Crippen molar-refractivity contribution in [1.29, 1.82) is 5.26 Å². The average molecular weight is 580 g/mol. The smallest absolute Gasteiger partial charge is 0.246 e. The first kappa shape index (κ1) is 27.1. The molecule has 0 bridgehead atoms. The molecule has 214 valence electrons. The van der Waals surface area contributed by atoms with E-state index in [0.717, 1.165) is 0 Å². The Bertz CT molecular complexity index is 1880. The molecule has 4 heterocycles. The van der Waals surface area contributed by atoms with Crippen molar-refractivity contribution in [3.05, 3.63) is 85.5 Å². The average Bonchev–Trinajstić information content (AvgIpc) is 3.48. The first-order chi connectivity index (χ1) is 20.9. The number of methoxy groups -OCH3 is 1. The van der Waals surface area contributed by atoms with Gasteiger partial charge in [-0.05, 0) is 24.3 Å². The van der Waals surface area contributed by atoms with Crippen molar-refractivity contribution in [2.24, 2.45) is 0 Å². The Morgan fingerprint density at radius 3 is 2.72 bits per heavy atom. The first-order valence-electron chi connectivity index (χ1n) is 12.9.